The third-order valence-corrected chi connectivity index (χ3v) is 7.16. The minimum atomic E-state index is -0.210. The number of ether oxygens (including phenoxy) is 2. The lowest BCUT2D eigenvalue weighted by Gasteiger charge is -2.36. The van der Waals surface area contributed by atoms with Gasteiger partial charge in [-0.2, -0.15) is 5.10 Å². The largest absolute Gasteiger partial charge is 0.490 e. The summed E-state index contributed by atoms with van der Waals surface area (Å²) in [5.74, 6) is 1.54. The van der Waals surface area contributed by atoms with Gasteiger partial charge in [0.1, 0.15) is 5.69 Å². The van der Waals surface area contributed by atoms with Gasteiger partial charge in [0.2, 0.25) is 0 Å². The Kier molecular flexibility index (Phi) is 7.07. The zero-order valence-corrected chi connectivity index (χ0v) is 20.8. The highest BCUT2D eigenvalue weighted by Crippen LogP contribution is 2.47. The molecule has 35 heavy (non-hydrogen) atoms. The number of fused-ring (bicyclic) bond motifs is 1. The Morgan fingerprint density at radius 2 is 1.80 bits per heavy atom. The maximum atomic E-state index is 13.8. The second kappa shape index (κ2) is 10.5. The van der Waals surface area contributed by atoms with E-state index in [4.69, 9.17) is 9.47 Å². The van der Waals surface area contributed by atoms with Gasteiger partial charge in [-0.25, -0.2) is 0 Å². The van der Waals surface area contributed by atoms with Crippen molar-refractivity contribution in [3.8, 4) is 22.8 Å². The van der Waals surface area contributed by atoms with Gasteiger partial charge >= 0.3 is 0 Å². The van der Waals surface area contributed by atoms with E-state index in [1.54, 1.807) is 0 Å². The van der Waals surface area contributed by atoms with Gasteiger partial charge in [-0.3, -0.25) is 9.89 Å². The van der Waals surface area contributed by atoms with Crippen LogP contribution in [-0.2, 0) is 0 Å². The van der Waals surface area contributed by atoms with Crippen LogP contribution in [0.15, 0.2) is 48.5 Å². The zero-order valence-electron chi connectivity index (χ0n) is 20.8. The first kappa shape index (κ1) is 23.5. The van der Waals surface area contributed by atoms with Crippen molar-refractivity contribution in [2.45, 2.75) is 70.9 Å². The third-order valence-electron chi connectivity index (χ3n) is 7.16. The smallest absolute Gasteiger partial charge is 0.273 e. The number of benzene rings is 2. The summed E-state index contributed by atoms with van der Waals surface area (Å²) in [7, 11) is 0. The number of carbonyl (C=O) groups excluding carboxylic acids is 1. The molecular weight excluding hydrogens is 438 g/mol. The van der Waals surface area contributed by atoms with Crippen LogP contribution in [0.2, 0.25) is 0 Å². The minimum absolute atomic E-state index is 0.0489. The molecule has 1 fully saturated rings. The Morgan fingerprint density at radius 3 is 2.54 bits per heavy atom. The van der Waals surface area contributed by atoms with Crippen molar-refractivity contribution in [2.75, 3.05) is 13.2 Å². The SMILES string of the molecule is CCCCOc1ccc(C2c3c(-c4ccccc4)n[nH]c3C(=O)N2C2CCCCC2)cc1OCC. The maximum Gasteiger partial charge on any atom is 0.273 e. The van der Waals surface area contributed by atoms with E-state index in [0.29, 0.717) is 18.9 Å². The molecule has 1 saturated carbocycles. The van der Waals surface area contributed by atoms with Gasteiger partial charge in [-0.1, -0.05) is 69.0 Å². The number of hydrogen-bond acceptors (Lipinski definition) is 4. The minimum Gasteiger partial charge on any atom is -0.490 e. The number of hydrogen-bond donors (Lipinski definition) is 1. The number of nitrogens with one attached hydrogen (secondary N) is 1. The monoisotopic (exact) mass is 473 g/mol. The number of amides is 1. The molecule has 2 aromatic carbocycles. The lowest BCUT2D eigenvalue weighted by molar-refractivity contribution is 0.0605. The second-order valence-electron chi connectivity index (χ2n) is 9.47. The fraction of sp³-hybridized carbons (Fsp3) is 0.448. The third kappa shape index (κ3) is 4.54. The summed E-state index contributed by atoms with van der Waals surface area (Å²) < 4.78 is 12.0. The van der Waals surface area contributed by atoms with Crippen molar-refractivity contribution < 1.29 is 14.3 Å². The predicted octanol–water partition coefficient (Wildman–Crippen LogP) is 6.53. The van der Waals surface area contributed by atoms with Crippen molar-refractivity contribution in [1.82, 2.24) is 15.1 Å². The molecule has 0 spiro atoms. The number of H-pyrrole nitrogens is 1. The number of nitrogens with zero attached hydrogens (tertiary/aromatic N) is 2. The Balaban J connectivity index is 1.60. The van der Waals surface area contributed by atoms with E-state index in [0.717, 1.165) is 72.4 Å². The summed E-state index contributed by atoms with van der Waals surface area (Å²) in [6.45, 7) is 5.35. The molecule has 0 bridgehead atoms. The van der Waals surface area contributed by atoms with Crippen LogP contribution in [0.1, 0.15) is 86.5 Å². The molecule has 1 amide bonds. The van der Waals surface area contributed by atoms with E-state index >= 15 is 0 Å². The molecule has 1 aliphatic carbocycles. The Morgan fingerprint density at radius 1 is 1.00 bits per heavy atom. The van der Waals surface area contributed by atoms with Crippen LogP contribution < -0.4 is 9.47 Å². The summed E-state index contributed by atoms with van der Waals surface area (Å²) >= 11 is 0. The van der Waals surface area contributed by atoms with E-state index in [2.05, 4.69) is 46.3 Å². The molecule has 0 radical (unpaired) electrons. The quantitative estimate of drug-likeness (QED) is 0.359. The van der Waals surface area contributed by atoms with Crippen LogP contribution in [0.4, 0.5) is 0 Å². The molecule has 2 heterocycles. The van der Waals surface area contributed by atoms with Crippen molar-refractivity contribution in [1.29, 1.82) is 0 Å². The van der Waals surface area contributed by atoms with E-state index < -0.39 is 0 Å². The van der Waals surface area contributed by atoms with Crippen LogP contribution in [0.5, 0.6) is 11.5 Å². The molecule has 1 aliphatic heterocycles. The normalized spacial score (nSPS) is 18.1. The van der Waals surface area contributed by atoms with Crippen LogP contribution in [0, 0.1) is 0 Å². The summed E-state index contributed by atoms with van der Waals surface area (Å²) in [5, 5.41) is 7.70. The first-order valence-electron chi connectivity index (χ1n) is 13.1. The van der Waals surface area contributed by atoms with Crippen LogP contribution in [0.3, 0.4) is 0 Å². The molecule has 2 aliphatic rings. The Bertz CT molecular complexity index is 1150. The molecule has 184 valence electrons. The number of carbonyl (C=O) groups is 1. The van der Waals surface area contributed by atoms with E-state index in [-0.39, 0.29) is 18.0 Å². The molecular formula is C29H35N3O3. The lowest BCUT2D eigenvalue weighted by atomic mass is 9.91. The van der Waals surface area contributed by atoms with E-state index in [1.165, 1.54) is 6.42 Å². The summed E-state index contributed by atoms with van der Waals surface area (Å²) in [4.78, 5) is 15.9. The van der Waals surface area contributed by atoms with E-state index in [1.807, 2.05) is 31.2 Å². The van der Waals surface area contributed by atoms with Gasteiger partial charge in [-0.15, -0.1) is 0 Å². The number of unbranched alkanes of at least 4 members (excludes halogenated alkanes) is 1. The van der Waals surface area contributed by atoms with Gasteiger partial charge in [0, 0.05) is 17.2 Å². The Labute approximate surface area is 207 Å². The topological polar surface area (TPSA) is 67.5 Å². The molecule has 6 nitrogen and oxygen atoms in total. The lowest BCUT2D eigenvalue weighted by Crippen LogP contribution is -2.40. The molecule has 5 rings (SSSR count). The second-order valence-corrected chi connectivity index (χ2v) is 9.47. The number of rotatable bonds is 9. The molecule has 1 N–H and O–H groups in total. The fourth-order valence-corrected chi connectivity index (χ4v) is 5.45. The van der Waals surface area contributed by atoms with Gasteiger partial charge in [0.05, 0.1) is 24.9 Å². The summed E-state index contributed by atoms with van der Waals surface area (Å²) in [6.07, 6.45) is 7.71. The van der Waals surface area contributed by atoms with Gasteiger partial charge in [0.25, 0.3) is 5.91 Å². The molecule has 3 aromatic rings. The first-order chi connectivity index (χ1) is 17.2. The average Bonchev–Trinajstić information content (AvgIpc) is 3.45. The van der Waals surface area contributed by atoms with E-state index in [9.17, 15) is 4.79 Å². The summed E-state index contributed by atoms with van der Waals surface area (Å²) in [6, 6.07) is 16.3. The van der Waals surface area contributed by atoms with Crippen LogP contribution in [0.25, 0.3) is 11.3 Å². The maximum absolute atomic E-state index is 13.8. The zero-order chi connectivity index (χ0) is 24.2. The van der Waals surface area contributed by atoms with Crippen LogP contribution in [-0.4, -0.2) is 40.3 Å². The first-order valence-corrected chi connectivity index (χ1v) is 13.1. The highest BCUT2D eigenvalue weighted by Gasteiger charge is 2.45. The number of aromatic amines is 1. The van der Waals surface area contributed by atoms with Gasteiger partial charge < -0.3 is 14.4 Å². The number of aromatic nitrogens is 2. The Hall–Kier alpha value is -3.28. The molecule has 1 unspecified atom stereocenters. The summed E-state index contributed by atoms with van der Waals surface area (Å²) in [5.41, 5.74) is 4.47. The van der Waals surface area contributed by atoms with Gasteiger partial charge in [0.15, 0.2) is 11.5 Å². The van der Waals surface area contributed by atoms with Crippen molar-refractivity contribution in [3.05, 3.63) is 65.4 Å². The standard InChI is InChI=1S/C29H35N3O3/c1-3-5-18-35-23-17-16-21(19-24(23)34-4-2)28-25-26(20-12-8-6-9-13-20)30-31-27(25)29(33)32(28)22-14-10-7-11-15-22/h6,8-9,12-13,16-17,19,22,28H,3-5,7,10-11,14-15,18H2,1-2H3,(H,30,31). The highest BCUT2D eigenvalue weighted by atomic mass is 16.5. The van der Waals surface area contributed by atoms with Crippen LogP contribution >= 0.6 is 0 Å². The molecule has 1 atom stereocenters. The van der Waals surface area contributed by atoms with Crippen molar-refractivity contribution in [2.24, 2.45) is 0 Å². The molecule has 0 saturated heterocycles. The van der Waals surface area contributed by atoms with Crippen molar-refractivity contribution in [3.63, 3.8) is 0 Å². The van der Waals surface area contributed by atoms with Gasteiger partial charge in [-0.05, 0) is 43.9 Å². The molecule has 1 aromatic heterocycles. The fourth-order valence-electron chi connectivity index (χ4n) is 5.45. The predicted molar refractivity (Wildman–Crippen MR) is 137 cm³/mol. The molecule has 6 heteroatoms. The highest BCUT2D eigenvalue weighted by molar-refractivity contribution is 6.00. The van der Waals surface area contributed by atoms with Crippen molar-refractivity contribution >= 4 is 5.91 Å². The average molecular weight is 474 g/mol.